The van der Waals surface area contributed by atoms with Crippen LogP contribution in [0.3, 0.4) is 0 Å². The Hall–Kier alpha value is -3.65. The van der Waals surface area contributed by atoms with Crippen LogP contribution >= 0.6 is 0 Å². The lowest BCUT2D eigenvalue weighted by molar-refractivity contribution is -0.136. The van der Waals surface area contributed by atoms with Crippen LogP contribution in [0.15, 0.2) is 48.7 Å². The van der Waals surface area contributed by atoms with Gasteiger partial charge in [0.1, 0.15) is 11.5 Å². The molecule has 188 valence electrons. The number of likely N-dealkylation sites (tertiary alicyclic amines) is 1. The topological polar surface area (TPSA) is 105 Å². The number of aromatic amines is 1. The molecule has 36 heavy (non-hydrogen) atoms. The number of nitrogens with one attached hydrogen (secondary N) is 1. The third-order valence-corrected chi connectivity index (χ3v) is 7.22. The normalized spacial score (nSPS) is 17.2. The first-order valence-corrected chi connectivity index (χ1v) is 12.7. The van der Waals surface area contributed by atoms with E-state index in [9.17, 15) is 9.59 Å². The number of H-pyrrole nitrogens is 1. The van der Waals surface area contributed by atoms with Gasteiger partial charge in [0.05, 0.1) is 6.61 Å². The second kappa shape index (κ2) is 10.5. The molecule has 8 nitrogen and oxygen atoms in total. The van der Waals surface area contributed by atoms with Crippen LogP contribution in [0.1, 0.15) is 47.8 Å². The molecule has 0 unspecified atom stereocenters. The van der Waals surface area contributed by atoms with Gasteiger partial charge in [-0.1, -0.05) is 24.3 Å². The third-order valence-electron chi connectivity index (χ3n) is 7.22. The number of anilines is 1. The molecule has 5 rings (SSSR count). The highest BCUT2D eigenvalue weighted by Crippen LogP contribution is 2.33. The maximum absolute atomic E-state index is 13.3. The lowest BCUT2D eigenvalue weighted by Crippen LogP contribution is -2.43. The van der Waals surface area contributed by atoms with E-state index in [0.29, 0.717) is 37.6 Å². The van der Waals surface area contributed by atoms with Gasteiger partial charge in [-0.3, -0.25) is 9.69 Å². The van der Waals surface area contributed by atoms with Crippen molar-refractivity contribution in [1.29, 1.82) is 0 Å². The molecule has 0 radical (unpaired) electrons. The van der Waals surface area contributed by atoms with E-state index in [0.717, 1.165) is 60.1 Å². The lowest BCUT2D eigenvalue weighted by Gasteiger charge is -2.35. The average Bonchev–Trinajstić information content (AvgIpc) is 3.29. The standard InChI is InChI=1S/C28H33N5O3/c1-2-36-28(35)26-25(22-5-3-4-6-23(22)31-26)20-10-15-33(16-11-20)27(34)21-8-13-32(14-9-21)18-19-7-12-30-24(29)17-19/h3-7,10,12,17,21,31H,2,8-9,11,13-16,18H2,1H3,(H2,29,30). The number of nitrogens with two attached hydrogens (primary N) is 1. The first kappa shape index (κ1) is 24.1. The Labute approximate surface area is 211 Å². The summed E-state index contributed by atoms with van der Waals surface area (Å²) < 4.78 is 5.30. The minimum absolute atomic E-state index is 0.0573. The molecule has 0 aliphatic carbocycles. The van der Waals surface area contributed by atoms with Gasteiger partial charge in [0, 0.05) is 48.2 Å². The number of hydrogen-bond donors (Lipinski definition) is 2. The minimum atomic E-state index is -0.343. The maximum atomic E-state index is 13.3. The lowest BCUT2D eigenvalue weighted by atomic mass is 9.92. The van der Waals surface area contributed by atoms with E-state index in [4.69, 9.17) is 10.5 Å². The van der Waals surface area contributed by atoms with E-state index < -0.39 is 0 Å². The van der Waals surface area contributed by atoms with Crippen LogP contribution in [-0.2, 0) is 16.1 Å². The summed E-state index contributed by atoms with van der Waals surface area (Å²) in [6.07, 6.45) is 6.28. The van der Waals surface area contributed by atoms with Crippen LogP contribution in [0.5, 0.6) is 0 Å². The number of ether oxygens (including phenoxy) is 1. The molecule has 3 aromatic rings. The monoisotopic (exact) mass is 487 g/mol. The SMILES string of the molecule is CCOC(=O)c1[nH]c2ccccc2c1C1=CCN(C(=O)C2CCN(Cc3ccnc(N)c3)CC2)CC1. The molecule has 2 aliphatic heterocycles. The second-order valence-corrected chi connectivity index (χ2v) is 9.54. The summed E-state index contributed by atoms with van der Waals surface area (Å²) in [4.78, 5) is 37.6. The van der Waals surface area contributed by atoms with Crippen LogP contribution in [0.2, 0.25) is 0 Å². The van der Waals surface area contributed by atoms with Gasteiger partial charge in [0.15, 0.2) is 0 Å². The van der Waals surface area contributed by atoms with Crippen LogP contribution in [-0.4, -0.2) is 64.4 Å². The average molecular weight is 488 g/mol. The molecule has 1 fully saturated rings. The molecule has 3 N–H and O–H groups in total. The largest absolute Gasteiger partial charge is 0.461 e. The predicted molar refractivity (Wildman–Crippen MR) is 140 cm³/mol. The number of para-hydroxylation sites is 1. The predicted octanol–water partition coefficient (Wildman–Crippen LogP) is 3.85. The highest BCUT2D eigenvalue weighted by atomic mass is 16.5. The number of piperidine rings is 1. The summed E-state index contributed by atoms with van der Waals surface area (Å²) in [7, 11) is 0. The second-order valence-electron chi connectivity index (χ2n) is 9.54. The van der Waals surface area contributed by atoms with E-state index in [2.05, 4.69) is 20.9 Å². The third kappa shape index (κ3) is 4.99. The zero-order chi connectivity index (χ0) is 25.1. The number of nitrogens with zero attached hydrogens (tertiary/aromatic N) is 3. The summed E-state index contributed by atoms with van der Waals surface area (Å²) in [5, 5.41) is 1.01. The number of carbonyl (C=O) groups excluding carboxylic acids is 2. The van der Waals surface area contributed by atoms with Crippen LogP contribution in [0, 0.1) is 5.92 Å². The van der Waals surface area contributed by atoms with E-state index in [1.165, 1.54) is 0 Å². The molecule has 0 spiro atoms. The first-order valence-electron chi connectivity index (χ1n) is 12.7. The Kier molecular flexibility index (Phi) is 7.04. The van der Waals surface area contributed by atoms with Crippen molar-refractivity contribution in [2.24, 2.45) is 5.92 Å². The highest BCUT2D eigenvalue weighted by Gasteiger charge is 2.30. The van der Waals surface area contributed by atoms with Crippen molar-refractivity contribution < 1.29 is 14.3 Å². The number of amides is 1. The molecule has 1 aromatic carbocycles. The Bertz CT molecular complexity index is 1290. The molecule has 4 heterocycles. The van der Waals surface area contributed by atoms with E-state index in [-0.39, 0.29) is 17.8 Å². The van der Waals surface area contributed by atoms with Crippen molar-refractivity contribution in [3.63, 3.8) is 0 Å². The van der Waals surface area contributed by atoms with Gasteiger partial charge >= 0.3 is 5.97 Å². The van der Waals surface area contributed by atoms with Gasteiger partial charge in [-0.25, -0.2) is 9.78 Å². The fourth-order valence-electron chi connectivity index (χ4n) is 5.38. The summed E-state index contributed by atoms with van der Waals surface area (Å²) in [5.41, 5.74) is 10.4. The Morgan fingerprint density at radius 1 is 1.17 bits per heavy atom. The van der Waals surface area contributed by atoms with Crippen LogP contribution < -0.4 is 5.73 Å². The summed E-state index contributed by atoms with van der Waals surface area (Å²) in [6, 6.07) is 11.8. The van der Waals surface area contributed by atoms with Crippen molar-refractivity contribution in [1.82, 2.24) is 19.8 Å². The van der Waals surface area contributed by atoms with Crippen LogP contribution in [0.4, 0.5) is 5.82 Å². The van der Waals surface area contributed by atoms with Crippen molar-refractivity contribution >= 4 is 34.2 Å². The molecule has 0 atom stereocenters. The minimum Gasteiger partial charge on any atom is -0.461 e. The van der Waals surface area contributed by atoms with Gasteiger partial charge in [-0.2, -0.15) is 0 Å². The van der Waals surface area contributed by atoms with Gasteiger partial charge in [0.2, 0.25) is 5.91 Å². The number of rotatable bonds is 6. The first-order chi connectivity index (χ1) is 17.5. The van der Waals surface area contributed by atoms with Crippen LogP contribution in [0.25, 0.3) is 16.5 Å². The summed E-state index contributed by atoms with van der Waals surface area (Å²) in [6.45, 7) is 5.97. The molecule has 8 heteroatoms. The van der Waals surface area contributed by atoms with E-state index >= 15 is 0 Å². The Morgan fingerprint density at radius 3 is 2.69 bits per heavy atom. The molecule has 1 amide bonds. The maximum Gasteiger partial charge on any atom is 0.355 e. The molecule has 0 saturated carbocycles. The molecular weight excluding hydrogens is 454 g/mol. The zero-order valence-electron chi connectivity index (χ0n) is 20.7. The molecule has 2 aromatic heterocycles. The highest BCUT2D eigenvalue weighted by molar-refractivity contribution is 6.05. The van der Waals surface area contributed by atoms with Crippen molar-refractivity contribution in [3.05, 3.63) is 65.5 Å². The Morgan fingerprint density at radius 2 is 1.97 bits per heavy atom. The Balaban J connectivity index is 1.23. The summed E-state index contributed by atoms with van der Waals surface area (Å²) >= 11 is 0. The molecular formula is C28H33N5O3. The van der Waals surface area contributed by atoms with E-state index in [1.54, 1.807) is 6.20 Å². The molecule has 1 saturated heterocycles. The van der Waals surface area contributed by atoms with Crippen molar-refractivity contribution in [2.45, 2.75) is 32.7 Å². The fourth-order valence-corrected chi connectivity index (χ4v) is 5.38. The fraction of sp³-hybridized carbons (Fsp3) is 0.393. The number of benzene rings is 1. The van der Waals surface area contributed by atoms with Gasteiger partial charge in [0.25, 0.3) is 0 Å². The molecule has 2 aliphatic rings. The summed E-state index contributed by atoms with van der Waals surface area (Å²) in [5.74, 6) is 0.492. The smallest absolute Gasteiger partial charge is 0.355 e. The molecule has 0 bridgehead atoms. The quantitative estimate of drug-likeness (QED) is 0.512. The van der Waals surface area contributed by atoms with Gasteiger partial charge < -0.3 is 20.4 Å². The zero-order valence-corrected chi connectivity index (χ0v) is 20.7. The number of pyridine rings is 1. The number of esters is 1. The van der Waals surface area contributed by atoms with Gasteiger partial charge in [-0.15, -0.1) is 0 Å². The van der Waals surface area contributed by atoms with Crippen molar-refractivity contribution in [3.8, 4) is 0 Å². The van der Waals surface area contributed by atoms with E-state index in [1.807, 2.05) is 48.2 Å². The number of aromatic nitrogens is 2. The number of carbonyl (C=O) groups is 2. The number of nitrogen functional groups attached to an aromatic ring is 1. The van der Waals surface area contributed by atoms with Crippen molar-refractivity contribution in [2.75, 3.05) is 38.5 Å². The van der Waals surface area contributed by atoms with Gasteiger partial charge in [-0.05, 0) is 68.6 Å². The number of hydrogen-bond acceptors (Lipinski definition) is 6. The number of fused-ring (bicyclic) bond motifs is 1.